The average Bonchev–Trinajstić information content (AvgIpc) is 2.60. The lowest BCUT2D eigenvalue weighted by molar-refractivity contribution is -0.131. The zero-order valence-corrected chi connectivity index (χ0v) is 15.2. The van der Waals surface area contributed by atoms with Crippen molar-refractivity contribution in [3.63, 3.8) is 0 Å². The zero-order chi connectivity index (χ0) is 17.2. The molecule has 5 nitrogen and oxygen atoms in total. The van der Waals surface area contributed by atoms with Crippen molar-refractivity contribution in [2.24, 2.45) is 0 Å². The number of nitrogens with zero attached hydrogens (tertiary/aromatic N) is 2. The first-order valence-corrected chi connectivity index (χ1v) is 9.41. The number of rotatable bonds is 4. The Morgan fingerprint density at radius 3 is 2.71 bits per heavy atom. The van der Waals surface area contributed by atoms with Gasteiger partial charge in [0, 0.05) is 25.0 Å². The summed E-state index contributed by atoms with van der Waals surface area (Å²) < 4.78 is -1.11. The van der Waals surface area contributed by atoms with Crippen LogP contribution in [0.2, 0.25) is 0 Å². The molecule has 1 aromatic rings. The van der Waals surface area contributed by atoms with Gasteiger partial charge in [0.15, 0.2) is 4.75 Å². The normalized spacial score (nSPS) is 24.6. The Labute approximate surface area is 147 Å². The summed E-state index contributed by atoms with van der Waals surface area (Å²) in [6.45, 7) is 5.39. The lowest BCUT2D eigenvalue weighted by atomic mass is 10.1. The Morgan fingerprint density at radius 2 is 1.96 bits per heavy atom. The minimum absolute atomic E-state index is 0.165. The monoisotopic (exact) mass is 347 g/mol. The molecule has 1 aromatic carbocycles. The highest BCUT2D eigenvalue weighted by Crippen LogP contribution is 2.44. The first-order valence-electron chi connectivity index (χ1n) is 8.59. The van der Waals surface area contributed by atoms with E-state index in [9.17, 15) is 9.59 Å². The van der Waals surface area contributed by atoms with Crippen molar-refractivity contribution in [3.05, 3.63) is 24.3 Å². The molecule has 2 aliphatic rings. The maximum Gasteiger partial charge on any atom is 0.252 e. The van der Waals surface area contributed by atoms with Crippen molar-refractivity contribution in [1.29, 1.82) is 0 Å². The van der Waals surface area contributed by atoms with E-state index in [-0.39, 0.29) is 11.8 Å². The van der Waals surface area contributed by atoms with Gasteiger partial charge in [0.05, 0.1) is 5.69 Å². The molecule has 1 saturated heterocycles. The molecule has 1 fully saturated rings. The fourth-order valence-electron chi connectivity index (χ4n) is 3.34. The Morgan fingerprint density at radius 1 is 1.25 bits per heavy atom. The Kier molecular flexibility index (Phi) is 5.15. The van der Waals surface area contributed by atoms with Crippen molar-refractivity contribution < 1.29 is 9.59 Å². The van der Waals surface area contributed by atoms with Gasteiger partial charge in [0.2, 0.25) is 5.91 Å². The lowest BCUT2D eigenvalue weighted by Crippen LogP contribution is -2.56. The molecule has 130 valence electrons. The summed E-state index contributed by atoms with van der Waals surface area (Å²) >= 11 is 1.35. The van der Waals surface area contributed by atoms with Gasteiger partial charge >= 0.3 is 0 Å². The van der Waals surface area contributed by atoms with E-state index in [2.05, 4.69) is 10.2 Å². The molecular weight excluding hydrogens is 322 g/mol. The van der Waals surface area contributed by atoms with E-state index in [1.807, 2.05) is 24.3 Å². The van der Waals surface area contributed by atoms with Gasteiger partial charge < -0.3 is 15.1 Å². The number of hydrogen-bond acceptors (Lipinski definition) is 4. The number of carbonyl (C=O) groups excluding carboxylic acids is 2. The predicted octanol–water partition coefficient (Wildman–Crippen LogP) is 2.12. The minimum Gasteiger partial charge on any atom is -0.353 e. The van der Waals surface area contributed by atoms with Crippen LogP contribution in [0, 0.1) is 0 Å². The molecule has 0 spiro atoms. The summed E-state index contributed by atoms with van der Waals surface area (Å²) in [5.41, 5.74) is 0.867. The third-order valence-corrected chi connectivity index (χ3v) is 6.18. The molecule has 24 heavy (non-hydrogen) atoms. The maximum absolute atomic E-state index is 12.7. The fourth-order valence-corrected chi connectivity index (χ4v) is 4.62. The molecule has 1 atom stereocenters. The second-order valence-corrected chi connectivity index (χ2v) is 8.09. The molecule has 2 heterocycles. The summed E-state index contributed by atoms with van der Waals surface area (Å²) in [7, 11) is 1.74. The van der Waals surface area contributed by atoms with Crippen LogP contribution < -0.4 is 10.2 Å². The molecule has 1 unspecified atom stereocenters. The molecule has 0 aliphatic carbocycles. The Hall–Kier alpha value is -1.53. The van der Waals surface area contributed by atoms with Crippen LogP contribution in [-0.2, 0) is 9.59 Å². The average molecular weight is 347 g/mol. The summed E-state index contributed by atoms with van der Waals surface area (Å²) in [6, 6.07) is 7.71. The molecule has 0 saturated carbocycles. The van der Waals surface area contributed by atoms with Crippen LogP contribution in [0.15, 0.2) is 29.2 Å². The highest BCUT2D eigenvalue weighted by molar-refractivity contribution is 8.02. The molecule has 1 N–H and O–H groups in total. The maximum atomic E-state index is 12.7. The second kappa shape index (κ2) is 7.15. The molecule has 0 radical (unpaired) electrons. The Balaban J connectivity index is 1.64. The molecule has 3 rings (SSSR count). The number of carbonyl (C=O) groups is 2. The molecule has 2 amide bonds. The summed E-state index contributed by atoms with van der Waals surface area (Å²) in [5.74, 6) is -0.363. The van der Waals surface area contributed by atoms with E-state index in [1.54, 1.807) is 18.9 Å². The van der Waals surface area contributed by atoms with Gasteiger partial charge in [-0.1, -0.05) is 30.3 Å². The summed E-state index contributed by atoms with van der Waals surface area (Å²) in [5, 5.41) is 2.97. The van der Waals surface area contributed by atoms with Crippen molar-refractivity contribution in [3.8, 4) is 0 Å². The Bertz CT molecular complexity index is 630. The summed E-state index contributed by atoms with van der Waals surface area (Å²) in [6.07, 6.45) is 3.78. The molecule has 2 aliphatic heterocycles. The van der Waals surface area contributed by atoms with Crippen LogP contribution in [-0.4, -0.2) is 54.7 Å². The number of piperidine rings is 1. The molecule has 6 heteroatoms. The van der Waals surface area contributed by atoms with E-state index >= 15 is 0 Å². The zero-order valence-electron chi connectivity index (χ0n) is 14.4. The third kappa shape index (κ3) is 3.30. The topological polar surface area (TPSA) is 52.7 Å². The number of fused-ring (bicyclic) bond motifs is 1. The molecular formula is C18H25N3O2S. The van der Waals surface area contributed by atoms with Crippen molar-refractivity contribution >= 4 is 29.3 Å². The van der Waals surface area contributed by atoms with Gasteiger partial charge in [-0.2, -0.15) is 0 Å². The first kappa shape index (κ1) is 17.3. The quantitative estimate of drug-likeness (QED) is 0.848. The minimum atomic E-state index is -1.11. The van der Waals surface area contributed by atoms with E-state index in [0.717, 1.165) is 30.2 Å². The van der Waals surface area contributed by atoms with Crippen LogP contribution >= 0.6 is 11.8 Å². The van der Waals surface area contributed by atoms with Crippen molar-refractivity contribution in [2.45, 2.75) is 35.8 Å². The second-order valence-electron chi connectivity index (χ2n) is 6.63. The predicted molar refractivity (Wildman–Crippen MR) is 97.4 cm³/mol. The van der Waals surface area contributed by atoms with Gasteiger partial charge in [-0.25, -0.2) is 0 Å². The fraction of sp³-hybridized carbons (Fsp3) is 0.556. The third-order valence-electron chi connectivity index (χ3n) is 4.85. The number of likely N-dealkylation sites (tertiary alicyclic amines) is 1. The number of para-hydroxylation sites is 1. The van der Waals surface area contributed by atoms with Crippen LogP contribution in [0.4, 0.5) is 5.69 Å². The number of anilines is 1. The smallest absolute Gasteiger partial charge is 0.252 e. The van der Waals surface area contributed by atoms with Gasteiger partial charge in [0.25, 0.3) is 5.91 Å². The van der Waals surface area contributed by atoms with Crippen molar-refractivity contribution in [2.75, 3.05) is 38.1 Å². The van der Waals surface area contributed by atoms with Gasteiger partial charge in [-0.3, -0.25) is 9.59 Å². The standard InChI is InChI=1S/C18H25N3O2S/c1-18(16(22)19-10-13-21-11-6-3-7-12-21)17(23)20(2)14-8-4-5-9-15(14)24-18/h4-5,8-9H,3,6-7,10-13H2,1-2H3,(H,19,22). The van der Waals surface area contributed by atoms with Crippen LogP contribution in [0.1, 0.15) is 26.2 Å². The number of hydrogen-bond donors (Lipinski definition) is 1. The van der Waals surface area contributed by atoms with E-state index < -0.39 is 4.75 Å². The molecule has 0 bridgehead atoms. The van der Waals surface area contributed by atoms with E-state index in [0.29, 0.717) is 6.54 Å². The van der Waals surface area contributed by atoms with Crippen molar-refractivity contribution in [1.82, 2.24) is 10.2 Å². The number of nitrogens with one attached hydrogen (secondary N) is 1. The van der Waals surface area contributed by atoms with Crippen LogP contribution in [0.3, 0.4) is 0 Å². The van der Waals surface area contributed by atoms with E-state index in [1.165, 1.54) is 31.0 Å². The van der Waals surface area contributed by atoms with Crippen LogP contribution in [0.25, 0.3) is 0 Å². The highest BCUT2D eigenvalue weighted by Gasteiger charge is 2.48. The molecule has 0 aromatic heterocycles. The number of benzene rings is 1. The summed E-state index contributed by atoms with van der Waals surface area (Å²) in [4.78, 5) is 30.4. The number of amides is 2. The van der Waals surface area contributed by atoms with Crippen LogP contribution in [0.5, 0.6) is 0 Å². The van der Waals surface area contributed by atoms with Gasteiger partial charge in [-0.15, -0.1) is 0 Å². The van der Waals surface area contributed by atoms with Gasteiger partial charge in [0.1, 0.15) is 0 Å². The largest absolute Gasteiger partial charge is 0.353 e. The highest BCUT2D eigenvalue weighted by atomic mass is 32.2. The SMILES string of the molecule is CN1C(=O)C(C)(C(=O)NCCN2CCCCC2)Sc2ccccc21. The number of thioether (sulfide) groups is 1. The lowest BCUT2D eigenvalue weighted by Gasteiger charge is -2.37. The first-order chi connectivity index (χ1) is 11.5. The van der Waals surface area contributed by atoms with E-state index in [4.69, 9.17) is 0 Å². The van der Waals surface area contributed by atoms with Gasteiger partial charge in [-0.05, 0) is 45.0 Å².